The van der Waals surface area contributed by atoms with Crippen LogP contribution in [-0.2, 0) is 9.59 Å². The van der Waals surface area contributed by atoms with Crippen molar-refractivity contribution in [2.75, 3.05) is 50.8 Å². The number of likely N-dealkylation sites (tertiary alicyclic amines) is 1. The molecule has 2 aromatic rings. The first-order valence-corrected chi connectivity index (χ1v) is 11.4. The van der Waals surface area contributed by atoms with E-state index in [0.29, 0.717) is 32.8 Å². The van der Waals surface area contributed by atoms with Crippen molar-refractivity contribution in [1.82, 2.24) is 20.0 Å². The second-order valence-corrected chi connectivity index (χ2v) is 8.33. The Kier molecular flexibility index (Phi) is 6.87. The number of nitrogens with zero attached hydrogens (tertiary/aromatic N) is 5. The van der Waals surface area contributed by atoms with Crippen LogP contribution in [0.2, 0.25) is 0 Å². The van der Waals surface area contributed by atoms with Crippen molar-refractivity contribution in [1.29, 1.82) is 0 Å². The molecule has 0 unspecified atom stereocenters. The van der Waals surface area contributed by atoms with Crippen LogP contribution < -0.4 is 9.64 Å². The molecule has 0 bridgehead atoms. The molecule has 2 amide bonds. The van der Waals surface area contributed by atoms with Gasteiger partial charge in [0, 0.05) is 57.7 Å². The summed E-state index contributed by atoms with van der Waals surface area (Å²) >= 11 is 0. The van der Waals surface area contributed by atoms with E-state index >= 15 is 0 Å². The van der Waals surface area contributed by atoms with E-state index in [4.69, 9.17) is 4.74 Å². The third-order valence-electron chi connectivity index (χ3n) is 6.32. The molecule has 3 heterocycles. The number of benzene rings is 1. The zero-order chi connectivity index (χ0) is 22.5. The third kappa shape index (κ3) is 5.00. The Bertz CT molecular complexity index is 916. The molecule has 4 rings (SSSR count). The van der Waals surface area contributed by atoms with Crippen LogP contribution >= 0.6 is 0 Å². The number of hydrogen-bond acceptors (Lipinski definition) is 6. The molecule has 2 aliphatic rings. The van der Waals surface area contributed by atoms with Crippen molar-refractivity contribution in [2.45, 2.75) is 26.7 Å². The van der Waals surface area contributed by atoms with Gasteiger partial charge in [0.15, 0.2) is 5.82 Å². The first-order valence-electron chi connectivity index (χ1n) is 11.4. The average Bonchev–Trinajstić information content (AvgIpc) is 2.84. The van der Waals surface area contributed by atoms with Crippen molar-refractivity contribution in [3.63, 3.8) is 0 Å². The van der Waals surface area contributed by atoms with Crippen LogP contribution in [0.15, 0.2) is 36.4 Å². The van der Waals surface area contributed by atoms with Gasteiger partial charge in [0.25, 0.3) is 0 Å². The van der Waals surface area contributed by atoms with E-state index in [1.54, 1.807) is 6.92 Å². The Hall–Kier alpha value is -3.16. The lowest BCUT2D eigenvalue weighted by molar-refractivity contribution is -0.140. The summed E-state index contributed by atoms with van der Waals surface area (Å²) in [7, 11) is 0. The number of anilines is 1. The number of rotatable bonds is 5. The van der Waals surface area contributed by atoms with Gasteiger partial charge in [0.1, 0.15) is 5.75 Å². The van der Waals surface area contributed by atoms with Gasteiger partial charge in [-0.2, -0.15) is 0 Å². The molecule has 2 saturated heterocycles. The van der Waals surface area contributed by atoms with E-state index in [1.165, 1.54) is 0 Å². The molecule has 32 heavy (non-hydrogen) atoms. The van der Waals surface area contributed by atoms with Gasteiger partial charge in [-0.1, -0.05) is 0 Å². The Morgan fingerprint density at radius 2 is 1.59 bits per heavy atom. The summed E-state index contributed by atoms with van der Waals surface area (Å²) in [6.07, 6.45) is 1.52. The number of hydrogen-bond donors (Lipinski definition) is 0. The Morgan fingerprint density at radius 3 is 2.16 bits per heavy atom. The SMILES string of the molecule is CCOc1ccc(-c2ccc(N3CCN(C(=O)C4CCN(C(C)=O)CC4)CC3)nn2)cc1. The van der Waals surface area contributed by atoms with Crippen molar-refractivity contribution in [2.24, 2.45) is 5.92 Å². The third-order valence-corrected chi connectivity index (χ3v) is 6.32. The fourth-order valence-electron chi connectivity index (χ4n) is 4.39. The zero-order valence-electron chi connectivity index (χ0n) is 18.9. The maximum absolute atomic E-state index is 12.9. The minimum absolute atomic E-state index is 0.0327. The van der Waals surface area contributed by atoms with E-state index in [0.717, 1.165) is 48.8 Å². The Labute approximate surface area is 189 Å². The van der Waals surface area contributed by atoms with Crippen molar-refractivity contribution >= 4 is 17.6 Å². The number of aromatic nitrogens is 2. The summed E-state index contributed by atoms with van der Waals surface area (Å²) in [5.41, 5.74) is 1.82. The molecule has 2 fully saturated rings. The summed E-state index contributed by atoms with van der Waals surface area (Å²) in [5.74, 6) is 2.04. The van der Waals surface area contributed by atoms with E-state index in [2.05, 4.69) is 15.1 Å². The molecule has 1 aromatic heterocycles. The van der Waals surface area contributed by atoms with Crippen LogP contribution in [0.4, 0.5) is 5.82 Å². The van der Waals surface area contributed by atoms with Gasteiger partial charge >= 0.3 is 0 Å². The number of ether oxygens (including phenoxy) is 1. The quantitative estimate of drug-likeness (QED) is 0.715. The van der Waals surface area contributed by atoms with Gasteiger partial charge in [-0.05, 0) is 56.2 Å². The monoisotopic (exact) mass is 437 g/mol. The van der Waals surface area contributed by atoms with Crippen LogP contribution in [0.3, 0.4) is 0 Å². The van der Waals surface area contributed by atoms with Crippen LogP contribution in [0.5, 0.6) is 5.75 Å². The molecular formula is C24H31N5O3. The van der Waals surface area contributed by atoms with E-state index in [-0.39, 0.29) is 17.7 Å². The van der Waals surface area contributed by atoms with E-state index < -0.39 is 0 Å². The minimum atomic E-state index is 0.0327. The molecule has 0 spiro atoms. The van der Waals surface area contributed by atoms with Crippen LogP contribution in [-0.4, -0.2) is 77.7 Å². The summed E-state index contributed by atoms with van der Waals surface area (Å²) in [4.78, 5) is 30.4. The molecular weight excluding hydrogens is 406 g/mol. The van der Waals surface area contributed by atoms with Gasteiger partial charge in [0.05, 0.1) is 12.3 Å². The maximum atomic E-state index is 12.9. The number of amides is 2. The highest BCUT2D eigenvalue weighted by Gasteiger charge is 2.31. The molecule has 2 aliphatic heterocycles. The fourth-order valence-corrected chi connectivity index (χ4v) is 4.39. The standard InChI is InChI=1S/C24H31N5O3/c1-3-32-21-6-4-19(5-7-21)22-8-9-23(26-25-22)28-14-16-29(17-15-28)24(31)20-10-12-27(13-11-20)18(2)30/h4-9,20H,3,10-17H2,1-2H3. The first kappa shape index (κ1) is 22.0. The Balaban J connectivity index is 1.29. The topological polar surface area (TPSA) is 78.9 Å². The van der Waals surface area contributed by atoms with Gasteiger partial charge in [-0.25, -0.2) is 0 Å². The maximum Gasteiger partial charge on any atom is 0.225 e. The van der Waals surface area contributed by atoms with Crippen LogP contribution in [0, 0.1) is 5.92 Å². The predicted molar refractivity (Wildman–Crippen MR) is 122 cm³/mol. The summed E-state index contributed by atoms with van der Waals surface area (Å²) < 4.78 is 5.49. The molecule has 170 valence electrons. The first-order chi connectivity index (χ1) is 15.5. The van der Waals surface area contributed by atoms with Gasteiger partial charge in [-0.3, -0.25) is 9.59 Å². The van der Waals surface area contributed by atoms with E-state index in [1.807, 2.05) is 53.1 Å². The molecule has 0 atom stereocenters. The molecule has 0 saturated carbocycles. The summed E-state index contributed by atoms with van der Waals surface area (Å²) in [5, 5.41) is 8.83. The summed E-state index contributed by atoms with van der Waals surface area (Å²) in [6.45, 7) is 8.43. The smallest absolute Gasteiger partial charge is 0.225 e. The van der Waals surface area contributed by atoms with Crippen LogP contribution in [0.25, 0.3) is 11.3 Å². The second-order valence-electron chi connectivity index (χ2n) is 8.33. The van der Waals surface area contributed by atoms with Crippen molar-refractivity contribution < 1.29 is 14.3 Å². The lowest BCUT2D eigenvalue weighted by Gasteiger charge is -2.38. The number of piperidine rings is 1. The largest absolute Gasteiger partial charge is 0.494 e. The predicted octanol–water partition coefficient (Wildman–Crippen LogP) is 2.45. The Morgan fingerprint density at radius 1 is 0.906 bits per heavy atom. The van der Waals surface area contributed by atoms with Gasteiger partial charge in [0.2, 0.25) is 11.8 Å². The lowest BCUT2D eigenvalue weighted by Crippen LogP contribution is -2.52. The lowest BCUT2D eigenvalue weighted by atomic mass is 9.95. The summed E-state index contributed by atoms with van der Waals surface area (Å²) in [6, 6.07) is 11.8. The molecule has 0 N–H and O–H groups in total. The van der Waals surface area contributed by atoms with Crippen LogP contribution in [0.1, 0.15) is 26.7 Å². The highest BCUT2D eigenvalue weighted by Crippen LogP contribution is 2.24. The van der Waals surface area contributed by atoms with Crippen molar-refractivity contribution in [3.8, 4) is 17.0 Å². The second kappa shape index (κ2) is 9.97. The molecule has 0 radical (unpaired) electrons. The number of piperazine rings is 1. The normalized spacial score (nSPS) is 17.4. The molecule has 8 heteroatoms. The fraction of sp³-hybridized carbons (Fsp3) is 0.500. The van der Waals surface area contributed by atoms with E-state index in [9.17, 15) is 9.59 Å². The number of carbonyl (C=O) groups excluding carboxylic acids is 2. The average molecular weight is 438 g/mol. The highest BCUT2D eigenvalue weighted by atomic mass is 16.5. The molecule has 8 nitrogen and oxygen atoms in total. The van der Waals surface area contributed by atoms with Crippen molar-refractivity contribution in [3.05, 3.63) is 36.4 Å². The molecule has 0 aliphatic carbocycles. The zero-order valence-corrected chi connectivity index (χ0v) is 18.9. The molecule has 1 aromatic carbocycles. The minimum Gasteiger partial charge on any atom is -0.494 e. The number of carbonyl (C=O) groups is 2. The van der Waals surface area contributed by atoms with Gasteiger partial charge < -0.3 is 19.4 Å². The van der Waals surface area contributed by atoms with Gasteiger partial charge in [-0.15, -0.1) is 10.2 Å². The highest BCUT2D eigenvalue weighted by molar-refractivity contribution is 5.80.